The second-order valence-electron chi connectivity index (χ2n) is 5.64. The average Bonchev–Trinajstić information content (AvgIpc) is 2.26. The lowest BCUT2D eigenvalue weighted by Gasteiger charge is -2.26. The first-order valence-corrected chi connectivity index (χ1v) is 6.96. The van der Waals surface area contributed by atoms with Gasteiger partial charge in [-0.3, -0.25) is 4.79 Å². The molecule has 0 heterocycles. The molecule has 1 N–H and O–H groups in total. The predicted molar refractivity (Wildman–Crippen MR) is 69.8 cm³/mol. The van der Waals surface area contributed by atoms with Gasteiger partial charge in [-0.1, -0.05) is 26.2 Å². The number of carbonyl (C=O) groups is 1. The maximum Gasteiger partial charge on any atom is 0.246 e. The summed E-state index contributed by atoms with van der Waals surface area (Å²) in [5, 5.41) is 2.94. The topological polar surface area (TPSA) is 38.3 Å². The molecule has 1 fully saturated rings. The molecule has 3 heteroatoms. The van der Waals surface area contributed by atoms with E-state index in [-0.39, 0.29) is 18.6 Å². The zero-order valence-electron chi connectivity index (χ0n) is 11.5. The highest BCUT2D eigenvalue weighted by Crippen LogP contribution is 2.30. The van der Waals surface area contributed by atoms with Crippen molar-refractivity contribution < 1.29 is 9.53 Å². The summed E-state index contributed by atoms with van der Waals surface area (Å²) in [5.74, 6) is 1.70. The van der Waals surface area contributed by atoms with Crippen molar-refractivity contribution in [1.82, 2.24) is 5.32 Å². The minimum atomic E-state index is 0.0163. The van der Waals surface area contributed by atoms with E-state index in [0.29, 0.717) is 0 Å². The summed E-state index contributed by atoms with van der Waals surface area (Å²) in [6, 6.07) is 0. The van der Waals surface area contributed by atoms with Crippen LogP contribution in [-0.4, -0.2) is 25.2 Å². The summed E-state index contributed by atoms with van der Waals surface area (Å²) >= 11 is 0. The van der Waals surface area contributed by atoms with Gasteiger partial charge in [-0.2, -0.15) is 0 Å². The number of rotatable bonds is 6. The van der Waals surface area contributed by atoms with Crippen molar-refractivity contribution in [2.75, 3.05) is 13.2 Å². The van der Waals surface area contributed by atoms with Gasteiger partial charge in [-0.05, 0) is 38.5 Å². The van der Waals surface area contributed by atoms with Crippen LogP contribution in [0.15, 0.2) is 0 Å². The van der Waals surface area contributed by atoms with Crippen LogP contribution < -0.4 is 5.32 Å². The van der Waals surface area contributed by atoms with Gasteiger partial charge >= 0.3 is 0 Å². The first-order chi connectivity index (χ1) is 8.08. The van der Waals surface area contributed by atoms with Crippen LogP contribution in [0.5, 0.6) is 0 Å². The molecular formula is C14H27NO2. The number of ether oxygens (including phenoxy) is 1. The Labute approximate surface area is 105 Å². The molecule has 3 nitrogen and oxygen atoms in total. The van der Waals surface area contributed by atoms with Crippen molar-refractivity contribution in [3.8, 4) is 0 Å². The molecule has 1 aliphatic carbocycles. The zero-order valence-corrected chi connectivity index (χ0v) is 11.5. The summed E-state index contributed by atoms with van der Waals surface area (Å²) in [6.45, 7) is 7.21. The van der Waals surface area contributed by atoms with E-state index in [9.17, 15) is 4.79 Å². The second-order valence-corrected chi connectivity index (χ2v) is 5.64. The SMILES string of the molecule is CC1CCCC(CCNC(=O)COC(C)C)C1. The Morgan fingerprint density at radius 2 is 2.18 bits per heavy atom. The van der Waals surface area contributed by atoms with E-state index in [2.05, 4.69) is 12.2 Å². The highest BCUT2D eigenvalue weighted by molar-refractivity contribution is 5.77. The molecule has 0 saturated heterocycles. The Balaban J connectivity index is 2.04. The summed E-state index contributed by atoms with van der Waals surface area (Å²) in [5.41, 5.74) is 0. The fraction of sp³-hybridized carbons (Fsp3) is 0.929. The molecule has 1 amide bonds. The number of hydrogen-bond donors (Lipinski definition) is 1. The van der Waals surface area contributed by atoms with Crippen molar-refractivity contribution in [3.05, 3.63) is 0 Å². The number of hydrogen-bond acceptors (Lipinski definition) is 2. The predicted octanol–water partition coefficient (Wildman–Crippen LogP) is 2.74. The van der Waals surface area contributed by atoms with Crippen LogP contribution in [0.3, 0.4) is 0 Å². The van der Waals surface area contributed by atoms with E-state index in [0.717, 1.165) is 24.8 Å². The molecule has 2 unspecified atom stereocenters. The molecule has 100 valence electrons. The van der Waals surface area contributed by atoms with E-state index >= 15 is 0 Å². The van der Waals surface area contributed by atoms with Crippen LogP contribution >= 0.6 is 0 Å². The van der Waals surface area contributed by atoms with Crippen molar-refractivity contribution in [2.45, 2.75) is 59.0 Å². The zero-order chi connectivity index (χ0) is 12.7. The maximum absolute atomic E-state index is 11.4. The molecule has 0 aliphatic heterocycles. The summed E-state index contributed by atoms with van der Waals surface area (Å²) in [6.07, 6.45) is 6.65. The molecule has 1 saturated carbocycles. The van der Waals surface area contributed by atoms with E-state index < -0.39 is 0 Å². The number of amides is 1. The Morgan fingerprint density at radius 3 is 2.82 bits per heavy atom. The summed E-state index contributed by atoms with van der Waals surface area (Å²) in [7, 11) is 0. The largest absolute Gasteiger partial charge is 0.369 e. The van der Waals surface area contributed by atoms with E-state index in [1.807, 2.05) is 13.8 Å². The van der Waals surface area contributed by atoms with Gasteiger partial charge in [0.1, 0.15) is 6.61 Å². The molecule has 0 radical (unpaired) electrons. The summed E-state index contributed by atoms with van der Waals surface area (Å²) in [4.78, 5) is 11.4. The monoisotopic (exact) mass is 241 g/mol. The van der Waals surface area contributed by atoms with Crippen LogP contribution in [0.2, 0.25) is 0 Å². The highest BCUT2D eigenvalue weighted by atomic mass is 16.5. The lowest BCUT2D eigenvalue weighted by atomic mass is 9.81. The Kier molecular flexibility index (Phi) is 6.56. The van der Waals surface area contributed by atoms with Crippen LogP contribution in [0.1, 0.15) is 52.9 Å². The normalized spacial score (nSPS) is 24.9. The van der Waals surface area contributed by atoms with E-state index in [1.54, 1.807) is 0 Å². The first kappa shape index (κ1) is 14.5. The van der Waals surface area contributed by atoms with Gasteiger partial charge in [0.2, 0.25) is 5.91 Å². The Hall–Kier alpha value is -0.570. The van der Waals surface area contributed by atoms with Gasteiger partial charge in [0.25, 0.3) is 0 Å². The molecule has 0 aromatic carbocycles. The Bertz CT molecular complexity index is 228. The lowest BCUT2D eigenvalue weighted by molar-refractivity contribution is -0.127. The molecular weight excluding hydrogens is 214 g/mol. The molecule has 0 spiro atoms. The quantitative estimate of drug-likeness (QED) is 0.776. The molecule has 0 bridgehead atoms. The molecule has 17 heavy (non-hydrogen) atoms. The van der Waals surface area contributed by atoms with Crippen LogP contribution in [0.25, 0.3) is 0 Å². The maximum atomic E-state index is 11.4. The smallest absolute Gasteiger partial charge is 0.246 e. The summed E-state index contributed by atoms with van der Waals surface area (Å²) < 4.78 is 5.25. The van der Waals surface area contributed by atoms with E-state index in [4.69, 9.17) is 4.74 Å². The third kappa shape index (κ3) is 6.67. The number of carbonyl (C=O) groups excluding carboxylic acids is 1. The third-order valence-corrected chi connectivity index (χ3v) is 3.47. The van der Waals surface area contributed by atoms with E-state index in [1.165, 1.54) is 25.7 Å². The molecule has 0 aromatic heterocycles. The average molecular weight is 241 g/mol. The standard InChI is InChI=1S/C14H27NO2/c1-11(2)17-10-14(16)15-8-7-13-6-4-5-12(3)9-13/h11-13H,4-10H2,1-3H3,(H,15,16). The van der Waals surface area contributed by atoms with Crippen molar-refractivity contribution in [3.63, 3.8) is 0 Å². The lowest BCUT2D eigenvalue weighted by Crippen LogP contribution is -2.31. The minimum absolute atomic E-state index is 0.0163. The van der Waals surface area contributed by atoms with Crippen LogP contribution in [0, 0.1) is 11.8 Å². The van der Waals surface area contributed by atoms with Gasteiger partial charge < -0.3 is 10.1 Å². The van der Waals surface area contributed by atoms with Gasteiger partial charge in [0, 0.05) is 6.54 Å². The fourth-order valence-electron chi connectivity index (χ4n) is 2.53. The van der Waals surface area contributed by atoms with Gasteiger partial charge in [0.05, 0.1) is 6.10 Å². The first-order valence-electron chi connectivity index (χ1n) is 6.96. The molecule has 1 aliphatic rings. The number of nitrogens with one attached hydrogen (secondary N) is 1. The van der Waals surface area contributed by atoms with Gasteiger partial charge in [-0.25, -0.2) is 0 Å². The third-order valence-electron chi connectivity index (χ3n) is 3.47. The van der Waals surface area contributed by atoms with Crippen LogP contribution in [-0.2, 0) is 9.53 Å². The second kappa shape index (κ2) is 7.70. The molecule has 1 rings (SSSR count). The highest BCUT2D eigenvalue weighted by Gasteiger charge is 2.18. The van der Waals surface area contributed by atoms with Gasteiger partial charge in [-0.15, -0.1) is 0 Å². The fourth-order valence-corrected chi connectivity index (χ4v) is 2.53. The minimum Gasteiger partial charge on any atom is -0.369 e. The molecule has 0 aromatic rings. The van der Waals surface area contributed by atoms with Gasteiger partial charge in [0.15, 0.2) is 0 Å². The van der Waals surface area contributed by atoms with Crippen LogP contribution in [0.4, 0.5) is 0 Å². The Morgan fingerprint density at radius 1 is 1.41 bits per heavy atom. The molecule has 2 atom stereocenters. The van der Waals surface area contributed by atoms with Crippen molar-refractivity contribution >= 4 is 5.91 Å². The van der Waals surface area contributed by atoms with Crippen molar-refractivity contribution in [2.24, 2.45) is 11.8 Å². The van der Waals surface area contributed by atoms with Crippen molar-refractivity contribution in [1.29, 1.82) is 0 Å².